The van der Waals surface area contributed by atoms with Crippen molar-refractivity contribution in [1.29, 1.82) is 0 Å². The number of rotatable bonds is 2. The van der Waals surface area contributed by atoms with E-state index in [0.29, 0.717) is 18.2 Å². The number of fused-ring (bicyclic) bond motifs is 1. The first-order valence-electron chi connectivity index (χ1n) is 7.27. The van der Waals surface area contributed by atoms with Crippen LogP contribution in [0.2, 0.25) is 5.15 Å². The molecule has 0 spiro atoms. The number of anilines is 2. The van der Waals surface area contributed by atoms with Crippen LogP contribution in [-0.4, -0.2) is 33.5 Å². The second kappa shape index (κ2) is 5.24. The monoisotopic (exact) mass is 327 g/mol. The maximum absolute atomic E-state index is 12.8. The van der Waals surface area contributed by atoms with Gasteiger partial charge in [0.2, 0.25) is 0 Å². The minimum atomic E-state index is -0.0527. The lowest BCUT2D eigenvalue weighted by atomic mass is 10.2. The SMILES string of the molecule is Cc1ccncc1N1CCN(c2ccn3c(Cl)cnc3c2)C1=O. The Kier molecular flexibility index (Phi) is 3.20. The zero-order valence-corrected chi connectivity index (χ0v) is 13.2. The molecular weight excluding hydrogens is 314 g/mol. The third-order valence-corrected chi connectivity index (χ3v) is 4.35. The molecule has 0 bridgehead atoms. The summed E-state index contributed by atoms with van der Waals surface area (Å²) in [6, 6.07) is 5.59. The fourth-order valence-electron chi connectivity index (χ4n) is 2.85. The average molecular weight is 328 g/mol. The molecule has 0 aromatic carbocycles. The van der Waals surface area contributed by atoms with E-state index in [2.05, 4.69) is 9.97 Å². The summed E-state index contributed by atoms with van der Waals surface area (Å²) >= 11 is 6.04. The summed E-state index contributed by atoms with van der Waals surface area (Å²) in [7, 11) is 0. The van der Waals surface area contributed by atoms with Crippen molar-refractivity contribution < 1.29 is 4.79 Å². The molecule has 1 saturated heterocycles. The molecule has 0 radical (unpaired) electrons. The normalized spacial score (nSPS) is 15.0. The number of hydrogen-bond acceptors (Lipinski definition) is 3. The highest BCUT2D eigenvalue weighted by Crippen LogP contribution is 2.27. The largest absolute Gasteiger partial charge is 0.329 e. The Labute approximate surface area is 137 Å². The van der Waals surface area contributed by atoms with Crippen molar-refractivity contribution in [3.63, 3.8) is 0 Å². The van der Waals surface area contributed by atoms with E-state index in [-0.39, 0.29) is 6.03 Å². The van der Waals surface area contributed by atoms with E-state index in [1.54, 1.807) is 32.8 Å². The van der Waals surface area contributed by atoms with E-state index in [1.807, 2.05) is 31.3 Å². The van der Waals surface area contributed by atoms with Gasteiger partial charge in [-0.15, -0.1) is 0 Å². The Morgan fingerprint density at radius 1 is 1.17 bits per heavy atom. The quantitative estimate of drug-likeness (QED) is 0.726. The van der Waals surface area contributed by atoms with Gasteiger partial charge in [-0.2, -0.15) is 0 Å². The van der Waals surface area contributed by atoms with E-state index in [1.165, 1.54) is 0 Å². The molecule has 0 atom stereocenters. The second-order valence-electron chi connectivity index (χ2n) is 5.44. The molecule has 0 unspecified atom stereocenters. The number of carbonyl (C=O) groups is 1. The third kappa shape index (κ3) is 2.22. The second-order valence-corrected chi connectivity index (χ2v) is 5.83. The first kappa shape index (κ1) is 14.0. The zero-order valence-electron chi connectivity index (χ0n) is 12.5. The molecule has 1 fully saturated rings. The Morgan fingerprint density at radius 2 is 2.00 bits per heavy atom. The fraction of sp³-hybridized carbons (Fsp3) is 0.188. The van der Waals surface area contributed by atoms with Crippen LogP contribution in [0.15, 0.2) is 43.0 Å². The smallest absolute Gasteiger partial charge is 0.292 e. The molecular formula is C16H14ClN5O. The van der Waals surface area contributed by atoms with Crippen molar-refractivity contribution in [1.82, 2.24) is 14.4 Å². The molecule has 1 aliphatic rings. The molecule has 3 aromatic heterocycles. The lowest BCUT2D eigenvalue weighted by molar-refractivity contribution is 0.256. The van der Waals surface area contributed by atoms with Gasteiger partial charge in [0.15, 0.2) is 0 Å². The Hall–Kier alpha value is -2.60. The zero-order chi connectivity index (χ0) is 16.0. The van der Waals surface area contributed by atoms with Crippen molar-refractivity contribution >= 4 is 34.7 Å². The molecule has 0 aliphatic carbocycles. The molecule has 0 N–H and O–H groups in total. The first-order valence-corrected chi connectivity index (χ1v) is 7.65. The van der Waals surface area contributed by atoms with Crippen LogP contribution in [0.25, 0.3) is 5.65 Å². The Morgan fingerprint density at radius 3 is 2.83 bits per heavy atom. The molecule has 3 aromatic rings. The predicted octanol–water partition coefficient (Wildman–Crippen LogP) is 3.14. The van der Waals surface area contributed by atoms with E-state index in [4.69, 9.17) is 11.6 Å². The summed E-state index contributed by atoms with van der Waals surface area (Å²) in [5.41, 5.74) is 3.42. The van der Waals surface area contributed by atoms with Gasteiger partial charge in [-0.05, 0) is 24.6 Å². The van der Waals surface area contributed by atoms with E-state index in [0.717, 1.165) is 22.6 Å². The molecule has 4 heterocycles. The van der Waals surface area contributed by atoms with Gasteiger partial charge in [-0.1, -0.05) is 11.6 Å². The number of imidazole rings is 1. The van der Waals surface area contributed by atoms with Gasteiger partial charge in [0.05, 0.1) is 23.8 Å². The lowest BCUT2D eigenvalue weighted by Gasteiger charge is -2.20. The van der Waals surface area contributed by atoms with Crippen LogP contribution in [-0.2, 0) is 0 Å². The fourth-order valence-corrected chi connectivity index (χ4v) is 3.04. The highest BCUT2D eigenvalue weighted by Gasteiger charge is 2.31. The maximum atomic E-state index is 12.8. The Balaban J connectivity index is 1.67. The van der Waals surface area contributed by atoms with Gasteiger partial charge in [0.1, 0.15) is 10.8 Å². The molecule has 7 heteroatoms. The average Bonchev–Trinajstić information content (AvgIpc) is 3.11. The summed E-state index contributed by atoms with van der Waals surface area (Å²) in [4.78, 5) is 24.6. The van der Waals surface area contributed by atoms with Crippen molar-refractivity contribution in [3.05, 3.63) is 53.7 Å². The van der Waals surface area contributed by atoms with Crippen LogP contribution < -0.4 is 9.80 Å². The third-order valence-electron chi connectivity index (χ3n) is 4.07. The number of pyridine rings is 2. The number of nitrogens with zero attached hydrogens (tertiary/aromatic N) is 5. The molecule has 1 aliphatic heterocycles. The number of amides is 2. The van der Waals surface area contributed by atoms with Gasteiger partial charge in [0, 0.05) is 31.5 Å². The van der Waals surface area contributed by atoms with E-state index >= 15 is 0 Å². The summed E-state index contributed by atoms with van der Waals surface area (Å²) in [6.07, 6.45) is 6.88. The summed E-state index contributed by atoms with van der Waals surface area (Å²) < 4.78 is 1.77. The van der Waals surface area contributed by atoms with Crippen LogP contribution in [0.3, 0.4) is 0 Å². The van der Waals surface area contributed by atoms with Crippen molar-refractivity contribution in [2.45, 2.75) is 6.92 Å². The molecule has 23 heavy (non-hydrogen) atoms. The lowest BCUT2D eigenvalue weighted by Crippen LogP contribution is -2.32. The van der Waals surface area contributed by atoms with E-state index in [9.17, 15) is 4.79 Å². The number of urea groups is 1. The van der Waals surface area contributed by atoms with Gasteiger partial charge in [-0.3, -0.25) is 19.2 Å². The highest BCUT2D eigenvalue weighted by atomic mass is 35.5. The van der Waals surface area contributed by atoms with Gasteiger partial charge in [0.25, 0.3) is 0 Å². The van der Waals surface area contributed by atoms with Crippen LogP contribution in [0.5, 0.6) is 0 Å². The molecule has 2 amide bonds. The summed E-state index contributed by atoms with van der Waals surface area (Å²) in [5, 5.41) is 0.548. The molecule has 0 saturated carbocycles. The number of hydrogen-bond donors (Lipinski definition) is 0. The number of halogens is 1. The molecule has 6 nitrogen and oxygen atoms in total. The summed E-state index contributed by atoms with van der Waals surface area (Å²) in [5.74, 6) is 0. The first-order chi connectivity index (χ1) is 11.1. The minimum absolute atomic E-state index is 0.0527. The molecule has 116 valence electrons. The Bertz CT molecular complexity index is 906. The van der Waals surface area contributed by atoms with Gasteiger partial charge >= 0.3 is 6.03 Å². The van der Waals surface area contributed by atoms with Gasteiger partial charge in [-0.25, -0.2) is 9.78 Å². The van der Waals surface area contributed by atoms with Crippen molar-refractivity contribution in [3.8, 4) is 0 Å². The van der Waals surface area contributed by atoms with Crippen LogP contribution in [0.4, 0.5) is 16.2 Å². The summed E-state index contributed by atoms with van der Waals surface area (Å²) in [6.45, 7) is 3.23. The standard InChI is InChI=1S/C16H14ClN5O/c1-11-2-4-18-9-13(11)21-7-6-20(16(21)23)12-3-5-22-14(17)10-19-15(22)8-12/h2-5,8-10H,6-7H2,1H3. The highest BCUT2D eigenvalue weighted by molar-refractivity contribution is 6.29. The number of carbonyl (C=O) groups excluding carboxylic acids is 1. The minimum Gasteiger partial charge on any atom is -0.292 e. The van der Waals surface area contributed by atoms with Crippen LogP contribution in [0, 0.1) is 6.92 Å². The van der Waals surface area contributed by atoms with Crippen LogP contribution >= 0.6 is 11.6 Å². The maximum Gasteiger partial charge on any atom is 0.329 e. The van der Waals surface area contributed by atoms with Gasteiger partial charge < -0.3 is 0 Å². The topological polar surface area (TPSA) is 53.7 Å². The van der Waals surface area contributed by atoms with Crippen molar-refractivity contribution in [2.75, 3.05) is 22.9 Å². The number of aryl methyl sites for hydroxylation is 1. The number of aromatic nitrogens is 3. The van der Waals surface area contributed by atoms with Crippen LogP contribution in [0.1, 0.15) is 5.56 Å². The van der Waals surface area contributed by atoms with Crippen molar-refractivity contribution in [2.24, 2.45) is 0 Å². The van der Waals surface area contributed by atoms with E-state index < -0.39 is 0 Å². The molecule has 4 rings (SSSR count). The predicted molar refractivity (Wildman–Crippen MR) is 89.3 cm³/mol.